The normalized spacial score (nSPS) is 22.9. The summed E-state index contributed by atoms with van der Waals surface area (Å²) in [7, 11) is 1.04. The lowest BCUT2D eigenvalue weighted by Crippen LogP contribution is -2.64. The van der Waals surface area contributed by atoms with E-state index in [1.807, 2.05) is 0 Å². The van der Waals surface area contributed by atoms with Gasteiger partial charge in [0, 0.05) is 45.6 Å². The Morgan fingerprint density at radius 1 is 0.919 bits per heavy atom. The highest BCUT2D eigenvalue weighted by atomic mass is 19.1. The van der Waals surface area contributed by atoms with Gasteiger partial charge in [-0.05, 0) is 12.1 Å². The summed E-state index contributed by atoms with van der Waals surface area (Å²) in [5.41, 5.74) is 0.328. The Kier molecular flexibility index (Phi) is 11.0. The zero-order chi connectivity index (χ0) is 27.7. The Bertz CT molecular complexity index is 967. The minimum absolute atomic E-state index is 0.128. The van der Waals surface area contributed by atoms with E-state index in [0.717, 1.165) is 33.9 Å². The molecule has 1 aromatic carbocycles. The third-order valence-electron chi connectivity index (χ3n) is 5.10. The lowest BCUT2D eigenvalue weighted by molar-refractivity contribution is -0.282. The number of carbonyl (C=O) groups is 4. The number of esters is 4. The molecule has 2 N–H and O–H groups in total. The Balaban J connectivity index is 2.48. The van der Waals surface area contributed by atoms with Crippen molar-refractivity contribution in [1.29, 1.82) is 0 Å². The summed E-state index contributed by atoms with van der Waals surface area (Å²) in [5, 5.41) is 18.4. The van der Waals surface area contributed by atoms with Gasteiger partial charge in [0.1, 0.15) is 0 Å². The molecule has 0 aromatic heterocycles. The van der Waals surface area contributed by atoms with E-state index in [1.165, 1.54) is 17.0 Å². The fourth-order valence-corrected chi connectivity index (χ4v) is 3.69. The summed E-state index contributed by atoms with van der Waals surface area (Å²) in [6, 6.07) is 3.73. The Hall–Kier alpha value is -3.49. The van der Waals surface area contributed by atoms with Gasteiger partial charge in [-0.2, -0.15) is 0 Å². The van der Waals surface area contributed by atoms with E-state index in [1.54, 1.807) is 0 Å². The van der Waals surface area contributed by atoms with E-state index >= 15 is 4.39 Å². The van der Waals surface area contributed by atoms with Crippen LogP contribution in [-0.2, 0) is 42.9 Å². The van der Waals surface area contributed by atoms with Gasteiger partial charge in [0.05, 0.1) is 20.3 Å². The predicted octanol–water partition coefficient (Wildman–Crippen LogP) is -0.311. The summed E-state index contributed by atoms with van der Waals surface area (Å²) < 4.78 is 46.6. The number of halogens is 1. The smallest absolute Gasteiger partial charge is 0.339 e. The van der Waals surface area contributed by atoms with Crippen molar-refractivity contribution in [2.45, 2.75) is 51.5 Å². The van der Waals surface area contributed by atoms with Crippen LogP contribution in [0.15, 0.2) is 18.2 Å². The van der Waals surface area contributed by atoms with Crippen LogP contribution in [0.25, 0.3) is 0 Å². The molecule has 1 fully saturated rings. The maximum absolute atomic E-state index is 15.0. The van der Waals surface area contributed by atoms with E-state index < -0.39 is 66.1 Å². The fourth-order valence-electron chi connectivity index (χ4n) is 3.69. The minimum Gasteiger partial charge on any atom is -0.467 e. The van der Waals surface area contributed by atoms with Gasteiger partial charge in [-0.25, -0.2) is 9.18 Å². The first-order chi connectivity index (χ1) is 17.5. The fraction of sp³-hybridized carbons (Fsp3) is 0.565. The molecule has 0 amide bonds. The lowest BCUT2D eigenvalue weighted by Gasteiger charge is -2.43. The van der Waals surface area contributed by atoms with Crippen LogP contribution >= 0.6 is 0 Å². The van der Waals surface area contributed by atoms with Crippen LogP contribution in [0.3, 0.4) is 0 Å². The molecule has 1 aromatic rings. The highest BCUT2D eigenvalue weighted by molar-refractivity contribution is 5.77. The van der Waals surface area contributed by atoms with Crippen LogP contribution in [0.4, 0.5) is 10.1 Å². The summed E-state index contributed by atoms with van der Waals surface area (Å²) in [4.78, 5) is 49.4. The van der Waals surface area contributed by atoms with Crippen LogP contribution in [0.2, 0.25) is 0 Å². The molecule has 0 bridgehead atoms. The summed E-state index contributed by atoms with van der Waals surface area (Å²) in [6.07, 6.45) is -8.17. The molecule has 1 aliphatic rings. The van der Waals surface area contributed by atoms with Crippen molar-refractivity contribution in [3.05, 3.63) is 24.0 Å². The summed E-state index contributed by atoms with van der Waals surface area (Å²) >= 11 is 0. The molecular formula is C23H30FNO12. The molecule has 0 radical (unpaired) electrons. The van der Waals surface area contributed by atoms with Crippen LogP contribution in [-0.4, -0.2) is 98.2 Å². The molecule has 0 saturated carbocycles. The SMILES string of the molecule is COC(=O)[C@H]1O[C@@H](Oc2ccc(N(CCO)CCO)cc2F)[C@H](OC(C)=O)[C@@H](OC(C)=O)[C@@H]1OC(C)=O. The van der Waals surface area contributed by atoms with Gasteiger partial charge in [-0.3, -0.25) is 14.4 Å². The molecule has 1 heterocycles. The first-order valence-electron chi connectivity index (χ1n) is 11.2. The molecule has 206 valence electrons. The van der Waals surface area contributed by atoms with Gasteiger partial charge in [0.25, 0.3) is 0 Å². The number of ether oxygens (including phenoxy) is 6. The van der Waals surface area contributed by atoms with Crippen LogP contribution in [0.5, 0.6) is 5.75 Å². The van der Waals surface area contributed by atoms with Crippen LogP contribution in [0, 0.1) is 5.82 Å². The van der Waals surface area contributed by atoms with Crippen molar-refractivity contribution in [3.8, 4) is 5.75 Å². The number of carbonyl (C=O) groups excluding carboxylic acids is 4. The number of aliphatic hydroxyl groups is 2. The van der Waals surface area contributed by atoms with Crippen molar-refractivity contribution >= 4 is 29.6 Å². The quantitative estimate of drug-likeness (QED) is 0.282. The zero-order valence-electron chi connectivity index (χ0n) is 20.7. The van der Waals surface area contributed by atoms with Crippen molar-refractivity contribution in [1.82, 2.24) is 0 Å². The average Bonchev–Trinajstić information content (AvgIpc) is 2.82. The van der Waals surface area contributed by atoms with Gasteiger partial charge >= 0.3 is 23.9 Å². The van der Waals surface area contributed by atoms with E-state index in [-0.39, 0.29) is 26.3 Å². The summed E-state index contributed by atoms with van der Waals surface area (Å²) in [6.45, 7) is 2.90. The first kappa shape index (κ1) is 29.7. The number of anilines is 1. The zero-order valence-corrected chi connectivity index (χ0v) is 20.7. The molecule has 14 heteroatoms. The lowest BCUT2D eigenvalue weighted by atomic mass is 9.97. The second-order valence-electron chi connectivity index (χ2n) is 7.84. The molecule has 0 unspecified atom stereocenters. The molecule has 13 nitrogen and oxygen atoms in total. The minimum atomic E-state index is -1.71. The average molecular weight is 531 g/mol. The van der Waals surface area contributed by atoms with Crippen LogP contribution < -0.4 is 9.64 Å². The molecule has 1 saturated heterocycles. The Morgan fingerprint density at radius 3 is 1.95 bits per heavy atom. The van der Waals surface area contributed by atoms with E-state index in [4.69, 9.17) is 28.4 Å². The first-order valence-corrected chi connectivity index (χ1v) is 11.2. The van der Waals surface area contributed by atoms with E-state index in [2.05, 4.69) is 0 Å². The number of rotatable bonds is 11. The Morgan fingerprint density at radius 2 is 1.46 bits per heavy atom. The van der Waals surface area contributed by atoms with E-state index in [9.17, 15) is 29.4 Å². The van der Waals surface area contributed by atoms with Crippen molar-refractivity contribution in [2.75, 3.05) is 38.3 Å². The summed E-state index contributed by atoms with van der Waals surface area (Å²) in [5.74, 6) is -4.92. The molecule has 5 atom stereocenters. The van der Waals surface area contributed by atoms with Crippen molar-refractivity contribution < 1.29 is 62.2 Å². The second-order valence-corrected chi connectivity index (χ2v) is 7.84. The number of hydrogen-bond acceptors (Lipinski definition) is 13. The van der Waals surface area contributed by atoms with Gasteiger partial charge in [0.2, 0.25) is 12.4 Å². The molecule has 37 heavy (non-hydrogen) atoms. The third kappa shape index (κ3) is 8.00. The molecule has 0 aliphatic carbocycles. The highest BCUT2D eigenvalue weighted by Crippen LogP contribution is 2.33. The largest absolute Gasteiger partial charge is 0.467 e. The maximum atomic E-state index is 15.0. The molecular weight excluding hydrogens is 501 g/mol. The maximum Gasteiger partial charge on any atom is 0.339 e. The van der Waals surface area contributed by atoms with Gasteiger partial charge in [0.15, 0.2) is 29.9 Å². The Labute approximate surface area is 211 Å². The molecule has 1 aliphatic heterocycles. The standard InChI is InChI=1S/C23H30FNO12/c1-12(28)33-18-19(34-13(2)29)21(35-14(3)30)23(37-20(18)22(31)32-4)36-17-6-5-15(11-16(17)24)25(7-9-26)8-10-27/h5-6,11,18-21,23,26-27H,7-10H2,1-4H3/t18-,19-,20-,21+,23+/m0/s1. The second kappa shape index (κ2) is 13.7. The predicted molar refractivity (Wildman–Crippen MR) is 121 cm³/mol. The van der Waals surface area contributed by atoms with Crippen molar-refractivity contribution in [3.63, 3.8) is 0 Å². The van der Waals surface area contributed by atoms with Gasteiger partial charge in [-0.15, -0.1) is 0 Å². The van der Waals surface area contributed by atoms with E-state index in [0.29, 0.717) is 5.69 Å². The number of nitrogens with zero attached hydrogens (tertiary/aromatic N) is 1. The topological polar surface area (TPSA) is 167 Å². The monoisotopic (exact) mass is 531 g/mol. The number of hydrogen-bond donors (Lipinski definition) is 2. The highest BCUT2D eigenvalue weighted by Gasteiger charge is 2.56. The van der Waals surface area contributed by atoms with Crippen molar-refractivity contribution in [2.24, 2.45) is 0 Å². The number of benzene rings is 1. The van der Waals surface area contributed by atoms with Gasteiger partial charge in [-0.1, -0.05) is 0 Å². The molecule has 0 spiro atoms. The van der Waals surface area contributed by atoms with Crippen LogP contribution in [0.1, 0.15) is 20.8 Å². The third-order valence-corrected chi connectivity index (χ3v) is 5.10. The number of aliphatic hydroxyl groups excluding tert-OH is 2. The number of methoxy groups -OCH3 is 1. The molecule has 2 rings (SSSR count). The van der Waals surface area contributed by atoms with Gasteiger partial charge < -0.3 is 43.5 Å².